The lowest BCUT2D eigenvalue weighted by Crippen LogP contribution is -2.45. The molecule has 96 valence electrons. The number of hydrogen-bond acceptors (Lipinski definition) is 4. The van der Waals surface area contributed by atoms with Crippen LogP contribution in [0, 0.1) is 0 Å². The zero-order valence-corrected chi connectivity index (χ0v) is 10.0. The summed E-state index contributed by atoms with van der Waals surface area (Å²) in [6.45, 7) is 0. The summed E-state index contributed by atoms with van der Waals surface area (Å²) < 4.78 is 10.8. The number of aliphatic hydroxyl groups excluding tert-OH is 1. The van der Waals surface area contributed by atoms with E-state index in [1.165, 1.54) is 0 Å². The Morgan fingerprint density at radius 1 is 0.895 bits per heavy atom. The third-order valence-electron chi connectivity index (χ3n) is 2.93. The zero-order valence-electron chi connectivity index (χ0n) is 10.0. The molecule has 0 fully saturated rings. The minimum absolute atomic E-state index is 0.303. The van der Waals surface area contributed by atoms with E-state index in [0.29, 0.717) is 17.1 Å². The molecule has 0 aliphatic carbocycles. The van der Waals surface area contributed by atoms with E-state index in [-0.39, 0.29) is 5.78 Å². The van der Waals surface area contributed by atoms with E-state index in [1.54, 1.807) is 48.5 Å². The van der Waals surface area contributed by atoms with Crippen LogP contribution < -0.4 is 9.47 Å². The molecule has 3 rings (SSSR count). The molecule has 0 amide bonds. The normalized spacial score (nSPS) is 20.9. The number of aliphatic hydroxyl groups is 1. The van der Waals surface area contributed by atoms with Crippen LogP contribution in [-0.2, 0) is 0 Å². The number of ketones is 1. The number of benzene rings is 2. The first-order valence-electron chi connectivity index (χ1n) is 5.95. The molecule has 2 atom stereocenters. The summed E-state index contributed by atoms with van der Waals surface area (Å²) in [5.74, 6) is 0.594. The highest BCUT2D eigenvalue weighted by Gasteiger charge is 2.36. The van der Waals surface area contributed by atoms with Crippen molar-refractivity contribution < 1.29 is 19.4 Å². The molecule has 2 aromatic carbocycles. The van der Waals surface area contributed by atoms with Gasteiger partial charge in [-0.2, -0.15) is 0 Å². The molecule has 1 aliphatic rings. The summed E-state index contributed by atoms with van der Waals surface area (Å²) in [7, 11) is 0. The molecule has 0 saturated heterocycles. The molecule has 1 aliphatic heterocycles. The topological polar surface area (TPSA) is 55.8 Å². The van der Waals surface area contributed by atoms with Gasteiger partial charge in [-0.3, -0.25) is 4.79 Å². The Bertz CT molecular complexity index is 594. The van der Waals surface area contributed by atoms with Gasteiger partial charge in [0.2, 0.25) is 18.2 Å². The van der Waals surface area contributed by atoms with Gasteiger partial charge >= 0.3 is 0 Å². The molecule has 0 radical (unpaired) electrons. The van der Waals surface area contributed by atoms with Gasteiger partial charge in [0.25, 0.3) is 0 Å². The third-order valence-corrected chi connectivity index (χ3v) is 2.93. The molecule has 0 saturated carbocycles. The molecule has 4 nitrogen and oxygen atoms in total. The summed E-state index contributed by atoms with van der Waals surface area (Å²) in [6, 6.07) is 15.6. The molecule has 0 unspecified atom stereocenters. The Labute approximate surface area is 110 Å². The van der Waals surface area contributed by atoms with Crippen molar-refractivity contribution in [1.29, 1.82) is 0 Å². The van der Waals surface area contributed by atoms with Crippen LogP contribution >= 0.6 is 0 Å². The van der Waals surface area contributed by atoms with Gasteiger partial charge in [-0.15, -0.1) is 0 Å². The first-order valence-corrected chi connectivity index (χ1v) is 5.95. The Hall–Kier alpha value is -2.33. The maximum Gasteiger partial charge on any atom is 0.242 e. The quantitative estimate of drug-likeness (QED) is 0.835. The summed E-state index contributed by atoms with van der Waals surface area (Å²) >= 11 is 0. The Morgan fingerprint density at radius 2 is 1.47 bits per heavy atom. The van der Waals surface area contributed by atoms with E-state index in [9.17, 15) is 9.90 Å². The maximum atomic E-state index is 12.3. The standard InChI is InChI=1S/C15H12O4/c16-13(10-6-2-1-3-7-10)14-15(17)19-12-9-5-4-8-11(12)18-14/h1-9,14-15,17H/t14-,15+/m0/s1. The van der Waals surface area contributed by atoms with Gasteiger partial charge in [0.1, 0.15) is 0 Å². The molecule has 0 aromatic heterocycles. The fourth-order valence-corrected chi connectivity index (χ4v) is 1.98. The van der Waals surface area contributed by atoms with Gasteiger partial charge in [-0.1, -0.05) is 42.5 Å². The van der Waals surface area contributed by atoms with Crippen molar-refractivity contribution in [2.24, 2.45) is 0 Å². The van der Waals surface area contributed by atoms with Gasteiger partial charge in [0, 0.05) is 5.56 Å². The number of carbonyl (C=O) groups excluding carboxylic acids is 1. The Morgan fingerprint density at radius 3 is 2.16 bits per heavy atom. The van der Waals surface area contributed by atoms with E-state index >= 15 is 0 Å². The summed E-state index contributed by atoms with van der Waals surface area (Å²) in [4.78, 5) is 12.3. The van der Waals surface area contributed by atoms with Crippen LogP contribution in [0.25, 0.3) is 0 Å². The van der Waals surface area contributed by atoms with Gasteiger partial charge in [-0.05, 0) is 12.1 Å². The Kier molecular flexibility index (Phi) is 2.93. The van der Waals surface area contributed by atoms with Crippen molar-refractivity contribution in [1.82, 2.24) is 0 Å². The Balaban J connectivity index is 1.89. The average Bonchev–Trinajstić information content (AvgIpc) is 2.47. The minimum Gasteiger partial charge on any atom is -0.472 e. The number of para-hydroxylation sites is 2. The van der Waals surface area contributed by atoms with Crippen molar-refractivity contribution >= 4 is 5.78 Å². The second-order valence-electron chi connectivity index (χ2n) is 4.22. The molecule has 19 heavy (non-hydrogen) atoms. The van der Waals surface area contributed by atoms with E-state index in [2.05, 4.69) is 0 Å². The summed E-state index contributed by atoms with van der Waals surface area (Å²) in [5, 5.41) is 9.88. The fourth-order valence-electron chi connectivity index (χ4n) is 1.98. The zero-order chi connectivity index (χ0) is 13.2. The summed E-state index contributed by atoms with van der Waals surface area (Å²) in [6.07, 6.45) is -2.35. The van der Waals surface area contributed by atoms with Crippen LogP contribution in [0.15, 0.2) is 54.6 Å². The van der Waals surface area contributed by atoms with Gasteiger partial charge in [0.05, 0.1) is 0 Å². The van der Waals surface area contributed by atoms with Crippen molar-refractivity contribution in [3.8, 4) is 11.5 Å². The molecule has 2 aromatic rings. The third kappa shape index (κ3) is 2.18. The van der Waals surface area contributed by atoms with Crippen molar-refractivity contribution in [2.75, 3.05) is 0 Å². The first-order chi connectivity index (χ1) is 9.25. The van der Waals surface area contributed by atoms with E-state index < -0.39 is 12.4 Å². The smallest absolute Gasteiger partial charge is 0.242 e. The van der Waals surface area contributed by atoms with Crippen LogP contribution in [0.5, 0.6) is 11.5 Å². The molecule has 1 N–H and O–H groups in total. The molecular weight excluding hydrogens is 244 g/mol. The van der Waals surface area contributed by atoms with Gasteiger partial charge < -0.3 is 14.6 Å². The number of Topliss-reactive ketones (excluding diaryl/α,β-unsaturated/α-hetero) is 1. The summed E-state index contributed by atoms with van der Waals surface area (Å²) in [5.41, 5.74) is 0.481. The largest absolute Gasteiger partial charge is 0.472 e. The van der Waals surface area contributed by atoms with E-state index in [0.717, 1.165) is 0 Å². The second-order valence-corrected chi connectivity index (χ2v) is 4.22. The van der Waals surface area contributed by atoms with Gasteiger partial charge in [0.15, 0.2) is 11.5 Å². The van der Waals surface area contributed by atoms with E-state index in [1.807, 2.05) is 6.07 Å². The average molecular weight is 256 g/mol. The van der Waals surface area contributed by atoms with Crippen LogP contribution in [0.2, 0.25) is 0 Å². The fraction of sp³-hybridized carbons (Fsp3) is 0.133. The van der Waals surface area contributed by atoms with Crippen LogP contribution in [0.1, 0.15) is 10.4 Å². The monoisotopic (exact) mass is 256 g/mol. The second kappa shape index (κ2) is 4.74. The number of hydrogen-bond donors (Lipinski definition) is 1. The molecule has 0 spiro atoms. The highest BCUT2D eigenvalue weighted by Crippen LogP contribution is 2.33. The SMILES string of the molecule is O=C(c1ccccc1)[C@@H]1Oc2ccccc2O[C@H]1O. The predicted molar refractivity (Wildman–Crippen MR) is 68.3 cm³/mol. The lowest BCUT2D eigenvalue weighted by Gasteiger charge is -2.29. The maximum absolute atomic E-state index is 12.3. The lowest BCUT2D eigenvalue weighted by atomic mass is 10.1. The predicted octanol–water partition coefficient (Wildman–Crippen LogP) is 2.03. The minimum atomic E-state index is -1.30. The number of rotatable bonds is 2. The van der Waals surface area contributed by atoms with Crippen molar-refractivity contribution in [3.05, 3.63) is 60.2 Å². The van der Waals surface area contributed by atoms with Crippen LogP contribution in [0.4, 0.5) is 0 Å². The number of fused-ring (bicyclic) bond motifs is 1. The molecule has 4 heteroatoms. The van der Waals surface area contributed by atoms with Crippen molar-refractivity contribution in [2.45, 2.75) is 12.4 Å². The van der Waals surface area contributed by atoms with Crippen LogP contribution in [0.3, 0.4) is 0 Å². The van der Waals surface area contributed by atoms with Crippen LogP contribution in [-0.4, -0.2) is 23.3 Å². The highest BCUT2D eigenvalue weighted by atomic mass is 16.7. The van der Waals surface area contributed by atoms with Gasteiger partial charge in [-0.25, -0.2) is 0 Å². The number of ether oxygens (including phenoxy) is 2. The highest BCUT2D eigenvalue weighted by molar-refractivity contribution is 6.00. The van der Waals surface area contributed by atoms with E-state index in [4.69, 9.17) is 9.47 Å². The lowest BCUT2D eigenvalue weighted by molar-refractivity contribution is -0.0977. The number of carbonyl (C=O) groups is 1. The molecular formula is C15H12O4. The first kappa shape index (κ1) is 11.7. The van der Waals surface area contributed by atoms with Crippen molar-refractivity contribution in [3.63, 3.8) is 0 Å². The molecule has 1 heterocycles. The molecule has 0 bridgehead atoms.